The van der Waals surface area contributed by atoms with Gasteiger partial charge in [0.05, 0.1) is 17.5 Å². The van der Waals surface area contributed by atoms with Crippen LogP contribution in [0.1, 0.15) is 11.1 Å². The maximum Gasteiger partial charge on any atom is 0.250 e. The van der Waals surface area contributed by atoms with Gasteiger partial charge in [0.1, 0.15) is 17.1 Å². The van der Waals surface area contributed by atoms with Crippen LogP contribution in [-0.4, -0.2) is 28.9 Å². The zero-order valence-corrected chi connectivity index (χ0v) is 17.9. The normalized spacial score (nSPS) is 27.3. The van der Waals surface area contributed by atoms with Crippen LogP contribution in [0.25, 0.3) is 0 Å². The highest BCUT2D eigenvalue weighted by atomic mass is 19.1. The molecule has 2 saturated heterocycles. The van der Waals surface area contributed by atoms with E-state index in [0.717, 1.165) is 10.5 Å². The van der Waals surface area contributed by atoms with Crippen molar-refractivity contribution in [2.75, 3.05) is 10.2 Å². The number of aromatic hydroxyl groups is 1. The standard InChI is InChI=1S/C26H20FN3O4/c27-15-8-11-19-18(13-15)26(25(34)28-19)22-21(20(29-26)12-14-6-9-17(31)10-7-14)23(32)30(24(22)33)16-4-2-1-3-5-16/h1-11,13,20-22,29,31H,12H2,(H,28,34)/t20?,21-,22+,26?/m0/s1. The number of carbonyl (C=O) groups is 3. The van der Waals surface area contributed by atoms with Crippen LogP contribution >= 0.6 is 0 Å². The summed E-state index contributed by atoms with van der Waals surface area (Å²) < 4.78 is 14.3. The number of anilines is 2. The average Bonchev–Trinajstić information content (AvgIpc) is 3.40. The van der Waals surface area contributed by atoms with Gasteiger partial charge in [-0.2, -0.15) is 0 Å². The molecule has 2 unspecified atom stereocenters. The Balaban J connectivity index is 1.50. The molecule has 0 saturated carbocycles. The van der Waals surface area contributed by atoms with Crippen LogP contribution < -0.4 is 15.5 Å². The van der Waals surface area contributed by atoms with Crippen LogP contribution in [0.2, 0.25) is 0 Å². The minimum atomic E-state index is -1.57. The van der Waals surface area contributed by atoms with Crippen molar-refractivity contribution in [2.45, 2.75) is 18.0 Å². The number of hydrogen-bond acceptors (Lipinski definition) is 5. The van der Waals surface area contributed by atoms with Crippen molar-refractivity contribution in [3.05, 3.63) is 89.7 Å². The van der Waals surface area contributed by atoms with E-state index in [0.29, 0.717) is 23.4 Å². The number of halogens is 1. The summed E-state index contributed by atoms with van der Waals surface area (Å²) in [5.41, 5.74) is 0.434. The van der Waals surface area contributed by atoms with Crippen LogP contribution in [0, 0.1) is 17.7 Å². The van der Waals surface area contributed by atoms with Gasteiger partial charge < -0.3 is 10.4 Å². The highest BCUT2D eigenvalue weighted by Crippen LogP contribution is 2.54. The summed E-state index contributed by atoms with van der Waals surface area (Å²) in [7, 11) is 0. The third-order valence-corrected chi connectivity index (χ3v) is 7.08. The second-order valence-electron chi connectivity index (χ2n) is 8.92. The first-order chi connectivity index (χ1) is 16.4. The topological polar surface area (TPSA) is 98.7 Å². The number of nitrogens with zero attached hydrogens (tertiary/aromatic N) is 1. The molecule has 6 rings (SSSR count). The van der Waals surface area contributed by atoms with Gasteiger partial charge in [0.2, 0.25) is 17.7 Å². The molecule has 0 radical (unpaired) electrons. The molecule has 170 valence electrons. The number of benzene rings is 3. The minimum Gasteiger partial charge on any atom is -0.508 e. The summed E-state index contributed by atoms with van der Waals surface area (Å²) in [6, 6.07) is 18.6. The molecule has 3 aromatic rings. The fraction of sp³-hybridized carbons (Fsp3) is 0.192. The number of imide groups is 1. The molecule has 3 aromatic carbocycles. The summed E-state index contributed by atoms with van der Waals surface area (Å²) in [5, 5.41) is 15.7. The Kier molecular flexibility index (Phi) is 4.37. The van der Waals surface area contributed by atoms with E-state index < -0.39 is 47.0 Å². The van der Waals surface area contributed by atoms with Gasteiger partial charge in [-0.05, 0) is 54.4 Å². The summed E-state index contributed by atoms with van der Waals surface area (Å²) in [5.74, 6) is -3.66. The second kappa shape index (κ2) is 7.23. The SMILES string of the molecule is O=C1[C@H]2C(Cc3ccc(O)cc3)NC3(C(=O)Nc4ccc(F)cc43)[C@H]2C(=O)N1c1ccccc1. The van der Waals surface area contributed by atoms with Crippen molar-refractivity contribution in [2.24, 2.45) is 11.8 Å². The molecule has 0 bridgehead atoms. The molecule has 4 atom stereocenters. The molecule has 0 aromatic heterocycles. The quantitative estimate of drug-likeness (QED) is 0.526. The molecule has 3 N–H and O–H groups in total. The average molecular weight is 457 g/mol. The number of nitrogens with one attached hydrogen (secondary N) is 2. The molecule has 2 fully saturated rings. The number of phenolic OH excluding ortho intramolecular Hbond substituents is 1. The molecule has 3 aliphatic heterocycles. The molecule has 7 nitrogen and oxygen atoms in total. The monoisotopic (exact) mass is 457 g/mol. The fourth-order valence-corrected chi connectivity index (χ4v) is 5.67. The number of rotatable bonds is 3. The van der Waals surface area contributed by atoms with Gasteiger partial charge in [-0.25, -0.2) is 9.29 Å². The molecule has 3 amide bonds. The Morgan fingerprint density at radius 2 is 1.68 bits per heavy atom. The Bertz CT molecular complexity index is 1340. The van der Waals surface area contributed by atoms with Gasteiger partial charge in [-0.3, -0.25) is 19.7 Å². The Morgan fingerprint density at radius 1 is 0.941 bits per heavy atom. The van der Waals surface area contributed by atoms with E-state index in [1.165, 1.54) is 18.2 Å². The Hall–Kier alpha value is -4.04. The summed E-state index contributed by atoms with van der Waals surface area (Å²) in [6.07, 6.45) is 0.336. The second-order valence-corrected chi connectivity index (χ2v) is 8.92. The fourth-order valence-electron chi connectivity index (χ4n) is 5.67. The smallest absolute Gasteiger partial charge is 0.250 e. The number of hydrogen-bond donors (Lipinski definition) is 3. The van der Waals surface area contributed by atoms with E-state index in [1.54, 1.807) is 54.6 Å². The number of fused-ring (bicyclic) bond motifs is 4. The van der Waals surface area contributed by atoms with Crippen molar-refractivity contribution >= 4 is 29.1 Å². The lowest BCUT2D eigenvalue weighted by Crippen LogP contribution is -2.53. The lowest BCUT2D eigenvalue weighted by atomic mass is 9.76. The van der Waals surface area contributed by atoms with E-state index in [2.05, 4.69) is 10.6 Å². The van der Waals surface area contributed by atoms with Crippen molar-refractivity contribution in [3.63, 3.8) is 0 Å². The summed E-state index contributed by atoms with van der Waals surface area (Å²) in [6.45, 7) is 0. The number of carbonyl (C=O) groups excluding carboxylic acids is 3. The molecular formula is C26H20FN3O4. The molecule has 3 aliphatic rings. The molecule has 3 heterocycles. The zero-order chi connectivity index (χ0) is 23.6. The molecule has 0 aliphatic carbocycles. The van der Waals surface area contributed by atoms with E-state index in [9.17, 15) is 23.9 Å². The predicted octanol–water partition coefficient (Wildman–Crippen LogP) is 2.70. The maximum absolute atomic E-state index is 14.3. The van der Waals surface area contributed by atoms with Gasteiger partial charge in [0, 0.05) is 17.3 Å². The van der Waals surface area contributed by atoms with Crippen LogP contribution in [-0.2, 0) is 26.3 Å². The maximum atomic E-state index is 14.3. The molecule has 1 spiro atoms. The van der Waals surface area contributed by atoms with E-state index in [4.69, 9.17) is 0 Å². The Labute approximate surface area is 194 Å². The highest BCUT2D eigenvalue weighted by molar-refractivity contribution is 6.25. The summed E-state index contributed by atoms with van der Waals surface area (Å²) >= 11 is 0. The first-order valence-corrected chi connectivity index (χ1v) is 11.0. The Morgan fingerprint density at radius 3 is 2.41 bits per heavy atom. The first-order valence-electron chi connectivity index (χ1n) is 11.0. The molecule has 8 heteroatoms. The third-order valence-electron chi connectivity index (χ3n) is 7.08. The molecule has 34 heavy (non-hydrogen) atoms. The van der Waals surface area contributed by atoms with Gasteiger partial charge in [-0.1, -0.05) is 30.3 Å². The predicted molar refractivity (Wildman–Crippen MR) is 121 cm³/mol. The van der Waals surface area contributed by atoms with Gasteiger partial charge in [0.25, 0.3) is 0 Å². The third kappa shape index (κ3) is 2.75. The minimum absolute atomic E-state index is 0.111. The van der Waals surface area contributed by atoms with Crippen molar-refractivity contribution < 1.29 is 23.9 Å². The highest BCUT2D eigenvalue weighted by Gasteiger charge is 2.70. The number of phenols is 1. The van der Waals surface area contributed by atoms with Crippen LogP contribution in [0.4, 0.5) is 15.8 Å². The van der Waals surface area contributed by atoms with Crippen molar-refractivity contribution in [1.82, 2.24) is 5.32 Å². The largest absolute Gasteiger partial charge is 0.508 e. The lowest BCUT2D eigenvalue weighted by Gasteiger charge is -2.29. The van der Waals surface area contributed by atoms with E-state index in [-0.39, 0.29) is 5.75 Å². The van der Waals surface area contributed by atoms with Crippen LogP contribution in [0.5, 0.6) is 5.75 Å². The van der Waals surface area contributed by atoms with Gasteiger partial charge in [-0.15, -0.1) is 0 Å². The van der Waals surface area contributed by atoms with E-state index >= 15 is 0 Å². The van der Waals surface area contributed by atoms with Gasteiger partial charge >= 0.3 is 0 Å². The lowest BCUT2D eigenvalue weighted by molar-refractivity contribution is -0.130. The molecular weight excluding hydrogens is 437 g/mol. The van der Waals surface area contributed by atoms with E-state index in [1.807, 2.05) is 0 Å². The van der Waals surface area contributed by atoms with Crippen molar-refractivity contribution in [3.8, 4) is 5.75 Å². The van der Waals surface area contributed by atoms with Crippen LogP contribution in [0.3, 0.4) is 0 Å². The first kappa shape index (κ1) is 20.6. The summed E-state index contributed by atoms with van der Waals surface area (Å²) in [4.78, 5) is 42.1. The van der Waals surface area contributed by atoms with Crippen LogP contribution in [0.15, 0.2) is 72.8 Å². The number of para-hydroxylation sites is 1. The van der Waals surface area contributed by atoms with Crippen molar-refractivity contribution in [1.29, 1.82) is 0 Å². The zero-order valence-electron chi connectivity index (χ0n) is 17.9. The van der Waals surface area contributed by atoms with Gasteiger partial charge in [0.15, 0.2) is 0 Å². The number of amides is 3.